The molecule has 0 spiro atoms. The van der Waals surface area contributed by atoms with Crippen molar-refractivity contribution < 1.29 is 4.79 Å². The molecule has 2 aromatic rings. The van der Waals surface area contributed by atoms with E-state index in [0.717, 1.165) is 0 Å². The molecule has 0 aliphatic rings. The van der Waals surface area contributed by atoms with E-state index in [2.05, 4.69) is 25.8 Å². The average Bonchev–Trinajstić information content (AvgIpc) is 2.81. The Morgan fingerprint density at radius 2 is 2.29 bits per heavy atom. The molecule has 0 atom stereocenters. The Labute approximate surface area is 102 Å². The van der Waals surface area contributed by atoms with Crippen LogP contribution in [0.25, 0.3) is 0 Å². The first kappa shape index (κ1) is 11.4. The summed E-state index contributed by atoms with van der Waals surface area (Å²) in [4.78, 5) is 15.8. The average molecular weight is 252 g/mol. The molecule has 0 saturated carbocycles. The summed E-state index contributed by atoms with van der Waals surface area (Å²) in [6, 6.07) is 1.55. The smallest absolute Gasteiger partial charge is 0.257 e. The van der Waals surface area contributed by atoms with E-state index in [9.17, 15) is 4.79 Å². The van der Waals surface area contributed by atoms with Crippen molar-refractivity contribution in [1.29, 1.82) is 0 Å². The van der Waals surface area contributed by atoms with Crippen LogP contribution in [0.3, 0.4) is 0 Å². The molecule has 0 saturated heterocycles. The molecule has 1 amide bonds. The van der Waals surface area contributed by atoms with Crippen LogP contribution in [0.2, 0.25) is 5.02 Å². The van der Waals surface area contributed by atoms with Gasteiger partial charge in [-0.2, -0.15) is 5.10 Å². The first-order valence-electron chi connectivity index (χ1n) is 4.84. The van der Waals surface area contributed by atoms with Crippen molar-refractivity contribution in [3.8, 4) is 0 Å². The fourth-order valence-corrected chi connectivity index (χ4v) is 1.53. The SMILES string of the molecule is CNc1ncc(C(=O)Nc2cn[nH]c2)cc1Cl. The molecular weight excluding hydrogens is 242 g/mol. The van der Waals surface area contributed by atoms with Crippen molar-refractivity contribution in [3.63, 3.8) is 0 Å². The number of pyridine rings is 1. The zero-order valence-electron chi connectivity index (χ0n) is 8.99. The summed E-state index contributed by atoms with van der Waals surface area (Å²) in [5, 5.41) is 12.2. The summed E-state index contributed by atoms with van der Waals surface area (Å²) in [6.45, 7) is 0. The van der Waals surface area contributed by atoms with Crippen molar-refractivity contribution in [2.75, 3.05) is 17.7 Å². The fourth-order valence-electron chi connectivity index (χ4n) is 1.27. The van der Waals surface area contributed by atoms with Gasteiger partial charge in [-0.1, -0.05) is 11.6 Å². The molecule has 2 rings (SSSR count). The minimum atomic E-state index is -0.288. The zero-order valence-corrected chi connectivity index (χ0v) is 9.75. The zero-order chi connectivity index (χ0) is 12.3. The lowest BCUT2D eigenvalue weighted by Crippen LogP contribution is -2.12. The van der Waals surface area contributed by atoms with Gasteiger partial charge in [0.05, 0.1) is 22.5 Å². The number of anilines is 2. The van der Waals surface area contributed by atoms with Crippen molar-refractivity contribution >= 4 is 29.0 Å². The topological polar surface area (TPSA) is 82.7 Å². The van der Waals surface area contributed by atoms with Gasteiger partial charge >= 0.3 is 0 Å². The molecule has 2 heterocycles. The van der Waals surface area contributed by atoms with Crippen LogP contribution in [0.5, 0.6) is 0 Å². The third-order valence-corrected chi connectivity index (χ3v) is 2.38. The molecule has 0 aliphatic carbocycles. The molecule has 0 unspecified atom stereocenters. The van der Waals surface area contributed by atoms with E-state index in [0.29, 0.717) is 22.1 Å². The van der Waals surface area contributed by atoms with Crippen LogP contribution in [-0.2, 0) is 0 Å². The molecular formula is C10H10ClN5O. The maximum Gasteiger partial charge on any atom is 0.257 e. The highest BCUT2D eigenvalue weighted by Gasteiger charge is 2.09. The first-order valence-corrected chi connectivity index (χ1v) is 5.22. The van der Waals surface area contributed by atoms with Gasteiger partial charge in [0, 0.05) is 19.4 Å². The minimum absolute atomic E-state index is 0.288. The number of rotatable bonds is 3. The summed E-state index contributed by atoms with van der Waals surface area (Å²) in [5.74, 6) is 0.245. The van der Waals surface area contributed by atoms with Gasteiger partial charge in [0.25, 0.3) is 5.91 Å². The van der Waals surface area contributed by atoms with Crippen molar-refractivity contribution in [1.82, 2.24) is 15.2 Å². The van der Waals surface area contributed by atoms with Crippen molar-refractivity contribution in [3.05, 3.63) is 35.2 Å². The van der Waals surface area contributed by atoms with Gasteiger partial charge in [-0.25, -0.2) is 4.98 Å². The Morgan fingerprint density at radius 1 is 1.47 bits per heavy atom. The van der Waals surface area contributed by atoms with Crippen molar-refractivity contribution in [2.24, 2.45) is 0 Å². The Bertz CT molecular complexity index is 525. The molecule has 0 bridgehead atoms. The second-order valence-electron chi connectivity index (χ2n) is 3.25. The number of hydrogen-bond acceptors (Lipinski definition) is 4. The largest absolute Gasteiger partial charge is 0.372 e. The minimum Gasteiger partial charge on any atom is -0.372 e. The Balaban J connectivity index is 2.17. The number of carbonyl (C=O) groups is 1. The van der Waals surface area contributed by atoms with Crippen LogP contribution in [0.15, 0.2) is 24.7 Å². The maximum absolute atomic E-state index is 11.8. The predicted molar refractivity (Wildman–Crippen MR) is 65.3 cm³/mol. The third-order valence-electron chi connectivity index (χ3n) is 2.10. The number of carbonyl (C=O) groups excluding carboxylic acids is 1. The standard InChI is InChI=1S/C10H10ClN5O/c1-12-9-8(11)2-6(3-13-9)10(17)16-7-4-14-15-5-7/h2-5H,1H3,(H,12,13)(H,14,15)(H,16,17). The van der Waals surface area contributed by atoms with E-state index in [1.807, 2.05) is 0 Å². The van der Waals surface area contributed by atoms with E-state index in [1.54, 1.807) is 19.3 Å². The number of nitrogens with zero attached hydrogens (tertiary/aromatic N) is 2. The highest BCUT2D eigenvalue weighted by Crippen LogP contribution is 2.19. The number of amides is 1. The summed E-state index contributed by atoms with van der Waals surface area (Å²) in [6.07, 6.45) is 4.54. The van der Waals surface area contributed by atoms with E-state index in [-0.39, 0.29) is 5.91 Å². The molecule has 0 radical (unpaired) electrons. The highest BCUT2D eigenvalue weighted by atomic mass is 35.5. The first-order chi connectivity index (χ1) is 8.20. The summed E-state index contributed by atoms with van der Waals surface area (Å²) in [7, 11) is 1.71. The number of aromatic amines is 1. The molecule has 0 aromatic carbocycles. The fraction of sp³-hybridized carbons (Fsp3) is 0.100. The van der Waals surface area contributed by atoms with Gasteiger partial charge in [0.15, 0.2) is 0 Å². The van der Waals surface area contributed by atoms with E-state index < -0.39 is 0 Å². The summed E-state index contributed by atoms with van der Waals surface area (Å²) < 4.78 is 0. The summed E-state index contributed by atoms with van der Waals surface area (Å²) >= 11 is 5.93. The number of nitrogens with one attached hydrogen (secondary N) is 3. The van der Waals surface area contributed by atoms with Gasteiger partial charge in [0.2, 0.25) is 0 Å². The van der Waals surface area contributed by atoms with Crippen LogP contribution in [0.4, 0.5) is 11.5 Å². The Morgan fingerprint density at radius 3 is 2.88 bits per heavy atom. The predicted octanol–water partition coefficient (Wildman–Crippen LogP) is 1.75. The quantitative estimate of drug-likeness (QED) is 0.776. The molecule has 7 heteroatoms. The lowest BCUT2D eigenvalue weighted by Gasteiger charge is -2.05. The maximum atomic E-state index is 11.8. The second kappa shape index (κ2) is 4.84. The number of H-pyrrole nitrogens is 1. The van der Waals surface area contributed by atoms with E-state index >= 15 is 0 Å². The van der Waals surface area contributed by atoms with Gasteiger partial charge in [0.1, 0.15) is 5.82 Å². The van der Waals surface area contributed by atoms with Crippen LogP contribution >= 0.6 is 11.6 Å². The number of hydrogen-bond donors (Lipinski definition) is 3. The Kier molecular flexibility index (Phi) is 3.24. The molecule has 3 N–H and O–H groups in total. The second-order valence-corrected chi connectivity index (χ2v) is 3.65. The molecule has 6 nitrogen and oxygen atoms in total. The normalized spacial score (nSPS) is 10.0. The van der Waals surface area contributed by atoms with Crippen LogP contribution in [0.1, 0.15) is 10.4 Å². The molecule has 2 aromatic heterocycles. The number of halogens is 1. The van der Waals surface area contributed by atoms with Crippen LogP contribution < -0.4 is 10.6 Å². The number of aromatic nitrogens is 3. The Hall–Kier alpha value is -2.08. The van der Waals surface area contributed by atoms with Crippen LogP contribution in [0, 0.1) is 0 Å². The van der Waals surface area contributed by atoms with E-state index in [4.69, 9.17) is 11.6 Å². The van der Waals surface area contributed by atoms with Gasteiger partial charge in [-0.15, -0.1) is 0 Å². The van der Waals surface area contributed by atoms with Gasteiger partial charge in [-0.05, 0) is 6.07 Å². The summed E-state index contributed by atoms with van der Waals surface area (Å²) in [5.41, 5.74) is 0.971. The van der Waals surface area contributed by atoms with Gasteiger partial charge in [-0.3, -0.25) is 9.89 Å². The van der Waals surface area contributed by atoms with Crippen LogP contribution in [-0.4, -0.2) is 28.1 Å². The third kappa shape index (κ3) is 2.54. The lowest BCUT2D eigenvalue weighted by molar-refractivity contribution is 0.102. The van der Waals surface area contributed by atoms with Gasteiger partial charge < -0.3 is 10.6 Å². The molecule has 17 heavy (non-hydrogen) atoms. The molecule has 0 fully saturated rings. The molecule has 88 valence electrons. The lowest BCUT2D eigenvalue weighted by atomic mass is 10.2. The van der Waals surface area contributed by atoms with E-state index in [1.165, 1.54) is 12.4 Å². The molecule has 0 aliphatic heterocycles. The highest BCUT2D eigenvalue weighted by molar-refractivity contribution is 6.33. The monoisotopic (exact) mass is 251 g/mol. The van der Waals surface area contributed by atoms with Crippen molar-refractivity contribution in [2.45, 2.75) is 0 Å².